The molecule has 18 nitrogen and oxygen atoms in total. The zero-order valence-corrected chi connectivity index (χ0v) is 47.2. The van der Waals surface area contributed by atoms with Gasteiger partial charge in [-0.15, -0.1) is 11.3 Å². The van der Waals surface area contributed by atoms with Gasteiger partial charge in [-0.3, -0.25) is 29.0 Å². The number of piperazine rings is 1. The smallest absolute Gasteiger partial charge is 0.246 e. The fourth-order valence-electron chi connectivity index (χ4n) is 11.5. The molecule has 7 heterocycles. The van der Waals surface area contributed by atoms with E-state index in [1.807, 2.05) is 75.7 Å². The van der Waals surface area contributed by atoms with Crippen LogP contribution in [0.2, 0.25) is 0 Å². The SMILES string of the molecule is Cc1ncsc1-c1ccc(CNC(=O)[C@@H]2C[C@@H](O)CN2C(=O)[C@@H](NC(=O)CN2CCC(CN3CCN(c4ccc(-c5cnc6[nH]cc(C(=O)c7cccc(N(N8CC[C@@H](F)C8)[SH](=O)=O)c7F)c6c5)cc4)CC3)CC2)C(C)(C)C)cc1. The van der Waals surface area contributed by atoms with Crippen molar-refractivity contribution in [2.45, 2.75) is 84.3 Å². The number of aliphatic hydroxyl groups excluding tert-OH is 1. The zero-order valence-electron chi connectivity index (χ0n) is 45.4. The molecular formula is C58H69F2N11O7S2. The third kappa shape index (κ3) is 12.6. The third-order valence-electron chi connectivity index (χ3n) is 16.0. The van der Waals surface area contributed by atoms with Crippen LogP contribution in [0.5, 0.6) is 0 Å². The van der Waals surface area contributed by atoms with Crippen molar-refractivity contribution in [3.05, 3.63) is 119 Å². The van der Waals surface area contributed by atoms with Crippen LogP contribution < -0.4 is 19.9 Å². The number of likely N-dealkylation sites (tertiary alicyclic amines) is 2. The highest BCUT2D eigenvalue weighted by Gasteiger charge is 2.45. The van der Waals surface area contributed by atoms with Gasteiger partial charge in [0.1, 0.15) is 29.6 Å². The number of fused-ring (bicyclic) bond motifs is 1. The number of hydrazine groups is 1. The van der Waals surface area contributed by atoms with Gasteiger partial charge in [-0.2, -0.15) is 4.41 Å². The second-order valence-electron chi connectivity index (χ2n) is 22.6. The number of aromatic amines is 1. The van der Waals surface area contributed by atoms with E-state index in [1.54, 1.807) is 17.5 Å². The predicted molar refractivity (Wildman–Crippen MR) is 305 cm³/mol. The molecule has 4 N–H and O–H groups in total. The quantitative estimate of drug-likeness (QED) is 0.0528. The molecule has 0 bridgehead atoms. The Bertz CT molecular complexity index is 3290. The highest BCUT2D eigenvalue weighted by Crippen LogP contribution is 2.33. The Kier molecular flexibility index (Phi) is 17.1. The number of thiol groups is 1. The topological polar surface area (TPSA) is 208 Å². The van der Waals surface area contributed by atoms with E-state index in [-0.39, 0.29) is 80.1 Å². The first-order valence-electron chi connectivity index (χ1n) is 27.4. The van der Waals surface area contributed by atoms with E-state index in [0.717, 1.165) is 97.2 Å². The fourth-order valence-corrected chi connectivity index (χ4v) is 13.0. The molecule has 4 aliphatic rings. The number of piperidine rings is 1. The van der Waals surface area contributed by atoms with E-state index >= 15 is 4.39 Å². The molecule has 80 heavy (non-hydrogen) atoms. The van der Waals surface area contributed by atoms with Gasteiger partial charge in [0, 0.05) is 93.4 Å². The minimum atomic E-state index is -3.36. The number of pyridine rings is 1. The van der Waals surface area contributed by atoms with Crippen LogP contribution in [-0.4, -0.2) is 168 Å². The van der Waals surface area contributed by atoms with Gasteiger partial charge in [0.05, 0.1) is 40.8 Å². The van der Waals surface area contributed by atoms with Crippen molar-refractivity contribution in [3.63, 3.8) is 0 Å². The number of benzene rings is 3. The van der Waals surface area contributed by atoms with Crippen molar-refractivity contribution in [1.82, 2.24) is 45.3 Å². The predicted octanol–water partition coefficient (Wildman–Crippen LogP) is 5.97. The van der Waals surface area contributed by atoms with E-state index in [0.29, 0.717) is 21.4 Å². The number of ketones is 1. The van der Waals surface area contributed by atoms with Gasteiger partial charge >= 0.3 is 0 Å². The summed E-state index contributed by atoms with van der Waals surface area (Å²) in [4.78, 5) is 76.9. The van der Waals surface area contributed by atoms with Crippen molar-refractivity contribution in [2.24, 2.45) is 11.3 Å². The number of aromatic nitrogens is 3. The minimum Gasteiger partial charge on any atom is -0.391 e. The van der Waals surface area contributed by atoms with Gasteiger partial charge in [0.25, 0.3) is 0 Å². The number of carbonyl (C=O) groups excluding carboxylic acids is 4. The van der Waals surface area contributed by atoms with Crippen LogP contribution >= 0.6 is 11.3 Å². The molecule has 0 unspecified atom stereocenters. The lowest BCUT2D eigenvalue weighted by atomic mass is 9.85. The monoisotopic (exact) mass is 1130 g/mol. The molecule has 0 saturated carbocycles. The Morgan fingerprint density at radius 3 is 2.26 bits per heavy atom. The standard InChI is InChI=1S/C58H69F2N11O7S2/c1-36-53(79-35-64-36)40-10-8-37(9-11-40)28-63-56(75)49-27-44(72)33-70(49)57(76)54(58(2,3)4)65-50(73)34-66-19-16-38(17-20-66)31-67-22-24-68(25-23-67)43-14-12-39(13-15-43)41-26-46-47(30-62-55(46)61-29-41)52(74)45-6-5-7-48(51(45)60)71(80(77)78)69-21-18-42(59)32-69/h5-15,26,29-30,35,38,42,44,49,54,72,80H,16-25,27-28,31-34H2,1-4H3,(H,61,62)(H,63,75)(H,65,73)/t42-,44-,49+,54-/m1/s1. The van der Waals surface area contributed by atoms with E-state index in [1.165, 1.54) is 34.3 Å². The number of carbonyl (C=O) groups is 4. The summed E-state index contributed by atoms with van der Waals surface area (Å²) < 4.78 is 55.3. The van der Waals surface area contributed by atoms with Gasteiger partial charge < -0.3 is 30.5 Å². The number of anilines is 2. The van der Waals surface area contributed by atoms with Crippen LogP contribution in [0, 0.1) is 24.1 Å². The van der Waals surface area contributed by atoms with E-state index < -0.39 is 52.3 Å². The summed E-state index contributed by atoms with van der Waals surface area (Å²) in [7, 11) is -3.36. The Morgan fingerprint density at radius 2 is 1.60 bits per heavy atom. The Labute approximate surface area is 470 Å². The molecule has 424 valence electrons. The maximum absolute atomic E-state index is 16.1. The second kappa shape index (κ2) is 24.2. The lowest BCUT2D eigenvalue weighted by Crippen LogP contribution is -2.59. The minimum absolute atomic E-state index is 0.00770. The number of hydrogen-bond acceptors (Lipinski definition) is 14. The van der Waals surface area contributed by atoms with Crippen molar-refractivity contribution in [3.8, 4) is 21.6 Å². The van der Waals surface area contributed by atoms with Crippen molar-refractivity contribution < 1.29 is 41.5 Å². The maximum atomic E-state index is 16.1. The Morgan fingerprint density at radius 1 is 0.875 bits per heavy atom. The molecule has 4 saturated heterocycles. The van der Waals surface area contributed by atoms with Crippen LogP contribution in [0.25, 0.3) is 32.6 Å². The molecule has 3 aromatic carbocycles. The van der Waals surface area contributed by atoms with E-state index in [2.05, 4.69) is 52.4 Å². The molecule has 6 aromatic rings. The zero-order chi connectivity index (χ0) is 56.4. The summed E-state index contributed by atoms with van der Waals surface area (Å²) in [6.07, 6.45) is 3.19. The molecule has 0 spiro atoms. The van der Waals surface area contributed by atoms with Crippen molar-refractivity contribution >= 4 is 68.1 Å². The number of β-amino-alcohol motifs (C(OH)–C–C–N with tert-alkyl or cyclic N) is 1. The van der Waals surface area contributed by atoms with Crippen molar-refractivity contribution in [2.75, 3.05) is 81.3 Å². The number of aryl methyl sites for hydroxylation is 1. The number of thiazole rings is 1. The lowest BCUT2D eigenvalue weighted by molar-refractivity contribution is -0.144. The average molecular weight is 1130 g/mol. The molecular weight excluding hydrogens is 1060 g/mol. The van der Waals surface area contributed by atoms with Crippen molar-refractivity contribution in [1.29, 1.82) is 0 Å². The first-order chi connectivity index (χ1) is 38.4. The number of hydrogen-bond donors (Lipinski definition) is 5. The van der Waals surface area contributed by atoms with Crippen LogP contribution in [0.3, 0.4) is 0 Å². The van der Waals surface area contributed by atoms with Crippen LogP contribution in [0.1, 0.15) is 73.6 Å². The highest BCUT2D eigenvalue weighted by atomic mass is 32.2. The molecule has 4 aliphatic heterocycles. The fraction of sp³-hybridized carbons (Fsp3) is 0.448. The average Bonchev–Trinajstić information content (AvgIpc) is 4.30. The Hall–Kier alpha value is -6.69. The normalized spacial score (nSPS) is 20.2. The number of nitrogens with one attached hydrogen (secondary N) is 3. The number of halogens is 2. The third-order valence-corrected chi connectivity index (χ3v) is 17.7. The summed E-state index contributed by atoms with van der Waals surface area (Å²) in [6, 6.07) is 20.1. The number of H-pyrrole nitrogens is 1. The van der Waals surface area contributed by atoms with Gasteiger partial charge in [0.2, 0.25) is 28.6 Å². The van der Waals surface area contributed by atoms with Gasteiger partial charge in [-0.05, 0) is 97.6 Å². The summed E-state index contributed by atoms with van der Waals surface area (Å²) in [5.41, 5.74) is 6.73. The summed E-state index contributed by atoms with van der Waals surface area (Å²) >= 11 is 1.58. The first-order valence-corrected chi connectivity index (χ1v) is 29.4. The molecule has 22 heteroatoms. The molecule has 4 fully saturated rings. The second-order valence-corrected chi connectivity index (χ2v) is 24.3. The van der Waals surface area contributed by atoms with Gasteiger partial charge in [-0.1, -0.05) is 63.2 Å². The van der Waals surface area contributed by atoms with Gasteiger partial charge in [-0.25, -0.2) is 32.2 Å². The molecule has 3 aromatic heterocycles. The molecule has 4 atom stereocenters. The molecule has 0 radical (unpaired) electrons. The highest BCUT2D eigenvalue weighted by molar-refractivity contribution is 7.73. The molecule has 3 amide bonds. The Balaban J connectivity index is 0.678. The van der Waals surface area contributed by atoms with Crippen LogP contribution in [0.4, 0.5) is 20.2 Å². The summed E-state index contributed by atoms with van der Waals surface area (Å²) in [6.45, 7) is 14.0. The number of aliphatic hydroxyl groups is 1. The maximum Gasteiger partial charge on any atom is 0.246 e. The number of nitrogens with zero attached hydrogens (tertiary/aromatic N) is 8. The molecule has 0 aliphatic carbocycles. The summed E-state index contributed by atoms with van der Waals surface area (Å²) in [5.74, 6) is -2.17. The summed E-state index contributed by atoms with van der Waals surface area (Å²) in [5, 5.41) is 18.4. The van der Waals surface area contributed by atoms with E-state index in [9.17, 15) is 37.1 Å². The van der Waals surface area contributed by atoms with Crippen LogP contribution in [-0.2, 0) is 31.8 Å². The van der Waals surface area contributed by atoms with Crippen LogP contribution in [0.15, 0.2) is 90.7 Å². The first kappa shape index (κ1) is 56.6. The number of alkyl halides is 1. The lowest BCUT2D eigenvalue weighted by Gasteiger charge is -2.40. The van der Waals surface area contributed by atoms with Gasteiger partial charge in [0.15, 0.2) is 11.6 Å². The number of amides is 3. The largest absolute Gasteiger partial charge is 0.391 e. The van der Waals surface area contributed by atoms with E-state index in [4.69, 9.17) is 0 Å². The number of rotatable bonds is 17. The molecule has 10 rings (SSSR count).